The van der Waals surface area contributed by atoms with Gasteiger partial charge in [-0.25, -0.2) is 0 Å². The average Bonchev–Trinajstić information content (AvgIpc) is 3.32. The highest BCUT2D eigenvalue weighted by Gasteiger charge is 2.42. The van der Waals surface area contributed by atoms with Crippen molar-refractivity contribution >= 4 is 40.8 Å². The molecule has 0 atom stereocenters. The fourth-order valence-electron chi connectivity index (χ4n) is 2.22. The van der Waals surface area contributed by atoms with E-state index in [1.165, 1.54) is 37.4 Å². The van der Waals surface area contributed by atoms with E-state index in [2.05, 4.69) is 15.5 Å². The monoisotopic (exact) mass is 315 g/mol. The lowest BCUT2D eigenvalue weighted by Crippen LogP contribution is -2.39. The van der Waals surface area contributed by atoms with Crippen LogP contribution in [0.1, 0.15) is 25.7 Å². The lowest BCUT2D eigenvalue weighted by Gasteiger charge is -2.17. The zero-order valence-corrected chi connectivity index (χ0v) is 13.2. The van der Waals surface area contributed by atoms with E-state index in [1.54, 1.807) is 23.1 Å². The fraction of sp³-hybridized carbons (Fsp3) is 0.750. The van der Waals surface area contributed by atoms with Crippen LogP contribution in [0.15, 0.2) is 8.68 Å². The second-order valence-corrected chi connectivity index (χ2v) is 8.35. The van der Waals surface area contributed by atoms with Crippen LogP contribution >= 0.6 is 34.9 Å². The molecular formula is C12H17N3OS3. The first kappa shape index (κ1) is 13.7. The van der Waals surface area contributed by atoms with Gasteiger partial charge in [-0.3, -0.25) is 4.79 Å². The molecule has 2 aliphatic carbocycles. The molecule has 2 aliphatic rings. The topological polar surface area (TPSA) is 54.9 Å². The molecule has 1 heterocycles. The number of thioether (sulfide) groups is 2. The molecule has 0 radical (unpaired) electrons. The maximum absolute atomic E-state index is 12.0. The highest BCUT2D eigenvalue weighted by Crippen LogP contribution is 2.44. The third kappa shape index (κ3) is 3.86. The van der Waals surface area contributed by atoms with Gasteiger partial charge in [0.05, 0.1) is 5.75 Å². The van der Waals surface area contributed by atoms with Crippen molar-refractivity contribution in [3.63, 3.8) is 0 Å². The number of carbonyl (C=O) groups is 1. The van der Waals surface area contributed by atoms with Crippen LogP contribution < -0.4 is 5.32 Å². The second kappa shape index (κ2) is 6.01. The zero-order valence-electron chi connectivity index (χ0n) is 10.8. The summed E-state index contributed by atoms with van der Waals surface area (Å²) in [6.07, 6.45) is 7.16. The van der Waals surface area contributed by atoms with Gasteiger partial charge in [0, 0.05) is 6.04 Å². The number of hydrogen-bond acceptors (Lipinski definition) is 6. The second-order valence-electron chi connectivity index (χ2n) is 5.09. The van der Waals surface area contributed by atoms with E-state index >= 15 is 0 Å². The molecular weight excluding hydrogens is 298 g/mol. The van der Waals surface area contributed by atoms with Crippen LogP contribution in [0.5, 0.6) is 0 Å². The van der Waals surface area contributed by atoms with Crippen LogP contribution in [0.3, 0.4) is 0 Å². The van der Waals surface area contributed by atoms with Crippen molar-refractivity contribution in [2.75, 3.05) is 12.0 Å². The van der Waals surface area contributed by atoms with E-state index in [1.807, 2.05) is 6.26 Å². The van der Waals surface area contributed by atoms with Crippen molar-refractivity contribution in [2.24, 2.45) is 11.8 Å². The predicted octanol–water partition coefficient (Wildman–Crippen LogP) is 2.66. The van der Waals surface area contributed by atoms with Crippen LogP contribution in [0.4, 0.5) is 0 Å². The first-order chi connectivity index (χ1) is 9.26. The van der Waals surface area contributed by atoms with Gasteiger partial charge >= 0.3 is 0 Å². The first-order valence-corrected chi connectivity index (χ1v) is 9.58. The molecule has 0 aliphatic heterocycles. The largest absolute Gasteiger partial charge is 0.352 e. The third-order valence-corrected chi connectivity index (χ3v) is 6.51. The summed E-state index contributed by atoms with van der Waals surface area (Å²) < 4.78 is 1.84. The lowest BCUT2D eigenvalue weighted by atomic mass is 10.1. The van der Waals surface area contributed by atoms with Crippen LogP contribution in [0, 0.1) is 11.8 Å². The highest BCUT2D eigenvalue weighted by molar-refractivity contribution is 8.03. The molecule has 0 bridgehead atoms. The third-order valence-electron chi connectivity index (χ3n) is 3.48. The normalized spacial score (nSPS) is 18.8. The molecule has 3 rings (SSSR count). The maximum Gasteiger partial charge on any atom is 0.230 e. The van der Waals surface area contributed by atoms with Gasteiger partial charge in [-0.15, -0.1) is 10.2 Å². The molecule has 7 heteroatoms. The molecule has 104 valence electrons. The Bertz CT molecular complexity index is 445. The smallest absolute Gasteiger partial charge is 0.230 e. The van der Waals surface area contributed by atoms with Crippen molar-refractivity contribution in [1.82, 2.24) is 15.5 Å². The minimum Gasteiger partial charge on any atom is -0.352 e. The Kier molecular flexibility index (Phi) is 4.34. The Morgan fingerprint density at radius 3 is 2.47 bits per heavy atom. The number of hydrogen-bond donors (Lipinski definition) is 1. The Labute approximate surface area is 125 Å². The van der Waals surface area contributed by atoms with Crippen LogP contribution in [0.2, 0.25) is 0 Å². The van der Waals surface area contributed by atoms with E-state index in [0.29, 0.717) is 11.8 Å². The summed E-state index contributed by atoms with van der Waals surface area (Å²) in [5.41, 5.74) is 0. The molecule has 1 N–H and O–H groups in total. The summed E-state index contributed by atoms with van der Waals surface area (Å²) in [4.78, 5) is 12.0. The minimum absolute atomic E-state index is 0.148. The number of carbonyl (C=O) groups excluding carboxylic acids is 1. The Balaban J connectivity index is 1.45. The molecule has 0 spiro atoms. The van der Waals surface area contributed by atoms with Gasteiger partial charge in [0.25, 0.3) is 0 Å². The Morgan fingerprint density at radius 2 is 1.95 bits per heavy atom. The molecule has 4 nitrogen and oxygen atoms in total. The quantitative estimate of drug-likeness (QED) is 0.784. The van der Waals surface area contributed by atoms with Gasteiger partial charge in [-0.05, 0) is 43.8 Å². The molecule has 0 saturated heterocycles. The number of aromatic nitrogens is 2. The molecule has 19 heavy (non-hydrogen) atoms. The number of rotatable bonds is 7. The van der Waals surface area contributed by atoms with Crippen LogP contribution in [0.25, 0.3) is 0 Å². The minimum atomic E-state index is 0.148. The number of nitrogens with zero attached hydrogens (tertiary/aromatic N) is 2. The maximum atomic E-state index is 12.0. The average molecular weight is 315 g/mol. The van der Waals surface area contributed by atoms with Gasteiger partial charge in [0.1, 0.15) is 0 Å². The first-order valence-electron chi connectivity index (χ1n) is 6.56. The van der Waals surface area contributed by atoms with E-state index in [-0.39, 0.29) is 5.91 Å². The number of amides is 1. The summed E-state index contributed by atoms with van der Waals surface area (Å²) in [6.45, 7) is 0. The van der Waals surface area contributed by atoms with Crippen LogP contribution in [-0.2, 0) is 4.79 Å². The number of nitrogens with one attached hydrogen (secondary N) is 1. The fourth-order valence-corrected chi connectivity index (χ4v) is 4.47. The van der Waals surface area contributed by atoms with Gasteiger partial charge in [-0.1, -0.05) is 34.9 Å². The molecule has 1 amide bonds. The standard InChI is InChI=1S/C12H17N3OS3/c1-17-11-14-15-12(19-11)18-6-9(16)13-10(7-2-3-7)8-4-5-8/h7-8,10H,2-6H2,1H3,(H,13,16). The van der Waals surface area contributed by atoms with Crippen molar-refractivity contribution in [3.8, 4) is 0 Å². The van der Waals surface area contributed by atoms with Crippen molar-refractivity contribution in [2.45, 2.75) is 40.4 Å². The van der Waals surface area contributed by atoms with E-state index in [4.69, 9.17) is 0 Å². The van der Waals surface area contributed by atoms with E-state index in [9.17, 15) is 4.79 Å². The van der Waals surface area contributed by atoms with E-state index < -0.39 is 0 Å². The Morgan fingerprint density at radius 1 is 1.32 bits per heavy atom. The Hall–Kier alpha value is -0.270. The van der Waals surface area contributed by atoms with Gasteiger partial charge in [0.2, 0.25) is 5.91 Å². The zero-order chi connectivity index (χ0) is 13.2. The van der Waals surface area contributed by atoms with Crippen LogP contribution in [-0.4, -0.2) is 34.2 Å². The van der Waals surface area contributed by atoms with Crippen molar-refractivity contribution in [3.05, 3.63) is 0 Å². The molecule has 2 fully saturated rings. The summed E-state index contributed by atoms with van der Waals surface area (Å²) >= 11 is 4.64. The molecule has 1 aromatic heterocycles. The molecule has 2 saturated carbocycles. The summed E-state index contributed by atoms with van der Waals surface area (Å²) in [5, 5.41) is 11.3. The van der Waals surface area contributed by atoms with E-state index in [0.717, 1.165) is 20.5 Å². The van der Waals surface area contributed by atoms with Crippen molar-refractivity contribution < 1.29 is 4.79 Å². The summed E-state index contributed by atoms with van der Waals surface area (Å²) in [7, 11) is 0. The lowest BCUT2D eigenvalue weighted by molar-refractivity contribution is -0.119. The van der Waals surface area contributed by atoms with Gasteiger partial charge in [0.15, 0.2) is 8.68 Å². The van der Waals surface area contributed by atoms with Gasteiger partial charge < -0.3 is 5.32 Å². The van der Waals surface area contributed by atoms with Gasteiger partial charge in [-0.2, -0.15) is 0 Å². The summed E-state index contributed by atoms with van der Waals surface area (Å²) in [5.74, 6) is 2.12. The predicted molar refractivity (Wildman–Crippen MR) is 79.8 cm³/mol. The molecule has 0 unspecified atom stereocenters. The molecule has 0 aromatic carbocycles. The van der Waals surface area contributed by atoms with Crippen molar-refractivity contribution in [1.29, 1.82) is 0 Å². The molecule has 1 aromatic rings. The summed E-state index contributed by atoms with van der Waals surface area (Å²) in [6, 6.07) is 0.448. The highest BCUT2D eigenvalue weighted by atomic mass is 32.2. The SMILES string of the molecule is CSc1nnc(SCC(=O)NC(C2CC2)C2CC2)s1.